The molecule has 26 heavy (non-hydrogen) atoms. The van der Waals surface area contributed by atoms with Crippen molar-refractivity contribution in [2.45, 2.75) is 20.3 Å². The van der Waals surface area contributed by atoms with Crippen LogP contribution in [-0.2, 0) is 0 Å². The van der Waals surface area contributed by atoms with Crippen LogP contribution in [0.4, 0.5) is 11.4 Å². The monoisotopic (exact) mass is 573 g/mol. The third-order valence-electron chi connectivity index (χ3n) is 5.13. The highest BCUT2D eigenvalue weighted by molar-refractivity contribution is 14.1. The van der Waals surface area contributed by atoms with Crippen LogP contribution in [0.5, 0.6) is 5.75 Å². The lowest BCUT2D eigenvalue weighted by molar-refractivity contribution is 0.416. The number of halogens is 2. The maximum Gasteiger partial charge on any atom is 0.162 e. The summed E-state index contributed by atoms with van der Waals surface area (Å²) >= 11 is 4.71. The predicted molar refractivity (Wildman–Crippen MR) is 125 cm³/mol. The summed E-state index contributed by atoms with van der Waals surface area (Å²) in [7, 11) is 0. The molecule has 0 saturated heterocycles. The first-order chi connectivity index (χ1) is 12.5. The Morgan fingerprint density at radius 1 is 1.23 bits per heavy atom. The molecule has 4 nitrogen and oxygen atoms in total. The summed E-state index contributed by atoms with van der Waals surface area (Å²) in [5.41, 5.74) is 11.8. The molecule has 1 aliphatic heterocycles. The van der Waals surface area contributed by atoms with Crippen molar-refractivity contribution in [1.82, 2.24) is 0 Å². The first kappa shape index (κ1) is 18.2. The summed E-state index contributed by atoms with van der Waals surface area (Å²) in [4.78, 5) is 2.32. The highest BCUT2D eigenvalue weighted by Gasteiger charge is 2.37. The number of anilines is 2. The molecule has 1 aromatic carbocycles. The fourth-order valence-corrected chi connectivity index (χ4v) is 5.05. The SMILES string of the molecule is CCN(CC)c1ccc2c(c1)OC1=C(N2)C2CC(I)=CC=C2C(N)=C1I. The molecular weight excluding hydrogens is 552 g/mol. The summed E-state index contributed by atoms with van der Waals surface area (Å²) < 4.78 is 8.69. The Kier molecular flexibility index (Phi) is 4.98. The van der Waals surface area contributed by atoms with Crippen LogP contribution in [0, 0.1) is 5.92 Å². The average Bonchev–Trinajstić information content (AvgIpc) is 2.66. The number of nitrogens with one attached hydrogen (secondary N) is 1. The number of hydrogen-bond acceptors (Lipinski definition) is 4. The molecule has 3 aliphatic rings. The Labute approximate surface area is 181 Å². The molecule has 1 aromatic rings. The van der Waals surface area contributed by atoms with Crippen LogP contribution in [-0.4, -0.2) is 13.1 Å². The molecule has 2 aliphatic carbocycles. The lowest BCUT2D eigenvalue weighted by atomic mass is 9.82. The lowest BCUT2D eigenvalue weighted by Gasteiger charge is -2.36. The Hall–Kier alpha value is -1.16. The van der Waals surface area contributed by atoms with Crippen molar-refractivity contribution in [3.63, 3.8) is 0 Å². The van der Waals surface area contributed by atoms with Crippen molar-refractivity contribution in [3.8, 4) is 5.75 Å². The van der Waals surface area contributed by atoms with E-state index in [0.29, 0.717) is 0 Å². The first-order valence-corrected chi connectivity index (χ1v) is 11.0. The summed E-state index contributed by atoms with van der Waals surface area (Å²) in [5, 5.41) is 3.64. The number of allylic oxidation sites excluding steroid dienone is 6. The molecule has 3 N–H and O–H groups in total. The van der Waals surface area contributed by atoms with Gasteiger partial charge in [0.05, 0.1) is 20.7 Å². The molecule has 0 aromatic heterocycles. The number of nitrogens with zero attached hydrogens (tertiary/aromatic N) is 1. The predicted octanol–water partition coefficient (Wildman–Crippen LogP) is 5.43. The van der Waals surface area contributed by atoms with Crippen LogP contribution in [0.15, 0.2) is 60.2 Å². The summed E-state index contributed by atoms with van der Waals surface area (Å²) in [6.45, 7) is 6.29. The zero-order chi connectivity index (χ0) is 18.4. The lowest BCUT2D eigenvalue weighted by Crippen LogP contribution is -2.30. The van der Waals surface area contributed by atoms with E-state index in [-0.39, 0.29) is 5.92 Å². The highest BCUT2D eigenvalue weighted by Crippen LogP contribution is 2.49. The Balaban J connectivity index is 1.75. The maximum atomic E-state index is 6.45. The van der Waals surface area contributed by atoms with Crippen molar-refractivity contribution in [2.24, 2.45) is 11.7 Å². The first-order valence-electron chi connectivity index (χ1n) is 8.83. The van der Waals surface area contributed by atoms with Gasteiger partial charge in [0.25, 0.3) is 0 Å². The fraction of sp³-hybridized carbons (Fsp3) is 0.300. The van der Waals surface area contributed by atoms with Gasteiger partial charge >= 0.3 is 0 Å². The molecule has 0 amide bonds. The van der Waals surface area contributed by atoms with E-state index in [2.05, 4.69) is 99.6 Å². The van der Waals surface area contributed by atoms with Crippen LogP contribution in [0.25, 0.3) is 0 Å². The fourth-order valence-electron chi connectivity index (χ4n) is 3.71. The number of ether oxygens (including phenoxy) is 1. The van der Waals surface area contributed by atoms with Crippen molar-refractivity contribution < 1.29 is 4.74 Å². The van der Waals surface area contributed by atoms with Crippen molar-refractivity contribution >= 4 is 56.6 Å². The third kappa shape index (κ3) is 2.94. The number of fused-ring (bicyclic) bond motifs is 3. The van der Waals surface area contributed by atoms with Gasteiger partial charge in [0.1, 0.15) is 0 Å². The maximum absolute atomic E-state index is 6.45. The Morgan fingerprint density at radius 2 is 2.00 bits per heavy atom. The van der Waals surface area contributed by atoms with Crippen LogP contribution in [0.2, 0.25) is 0 Å². The molecule has 0 saturated carbocycles. The Morgan fingerprint density at radius 3 is 2.73 bits per heavy atom. The molecule has 0 radical (unpaired) electrons. The molecule has 1 atom stereocenters. The molecule has 0 bridgehead atoms. The van der Waals surface area contributed by atoms with Gasteiger partial charge in [-0.05, 0) is 86.7 Å². The van der Waals surface area contributed by atoms with Crippen LogP contribution < -0.4 is 20.7 Å². The molecule has 0 fully saturated rings. The van der Waals surface area contributed by atoms with E-state index < -0.39 is 0 Å². The normalized spacial score (nSPS) is 21.0. The van der Waals surface area contributed by atoms with Gasteiger partial charge in [-0.1, -0.05) is 12.2 Å². The Bertz CT molecular complexity index is 894. The zero-order valence-corrected chi connectivity index (χ0v) is 19.1. The van der Waals surface area contributed by atoms with E-state index >= 15 is 0 Å². The minimum absolute atomic E-state index is 0.232. The van der Waals surface area contributed by atoms with E-state index in [1.54, 1.807) is 0 Å². The number of rotatable bonds is 3. The molecule has 4 rings (SSSR count). The summed E-state index contributed by atoms with van der Waals surface area (Å²) in [6, 6.07) is 6.40. The van der Waals surface area contributed by atoms with Gasteiger partial charge in [-0.2, -0.15) is 0 Å². The highest BCUT2D eigenvalue weighted by atomic mass is 127. The summed E-state index contributed by atoms with van der Waals surface area (Å²) in [6.07, 6.45) is 5.26. The minimum Gasteiger partial charge on any atom is -0.452 e. The van der Waals surface area contributed by atoms with Gasteiger partial charge in [-0.25, -0.2) is 0 Å². The van der Waals surface area contributed by atoms with Gasteiger partial charge < -0.3 is 20.7 Å². The van der Waals surface area contributed by atoms with Gasteiger partial charge in [0, 0.05) is 30.8 Å². The second-order valence-corrected chi connectivity index (χ2v) is 9.01. The van der Waals surface area contributed by atoms with Crippen molar-refractivity contribution in [3.05, 3.63) is 60.2 Å². The standard InChI is InChI=1S/C20H21I2N3O/c1-3-25(4-2)12-6-8-15-16(10-12)26-20-17(22)18(23)13-7-5-11(21)9-14(13)19(20)24-15/h5-8,10,14,24H,3-4,9,23H2,1-2H3. The average molecular weight is 573 g/mol. The smallest absolute Gasteiger partial charge is 0.162 e. The molecule has 1 heterocycles. The second-order valence-electron chi connectivity index (χ2n) is 6.54. The van der Waals surface area contributed by atoms with E-state index in [1.807, 2.05) is 0 Å². The van der Waals surface area contributed by atoms with Crippen molar-refractivity contribution in [1.29, 1.82) is 0 Å². The van der Waals surface area contributed by atoms with Crippen LogP contribution in [0.1, 0.15) is 20.3 Å². The van der Waals surface area contributed by atoms with E-state index in [0.717, 1.165) is 51.7 Å². The molecule has 6 heteroatoms. The number of hydrogen-bond donors (Lipinski definition) is 2. The van der Waals surface area contributed by atoms with Gasteiger partial charge in [0.2, 0.25) is 0 Å². The zero-order valence-electron chi connectivity index (χ0n) is 14.8. The molecule has 0 spiro atoms. The van der Waals surface area contributed by atoms with Crippen LogP contribution >= 0.6 is 45.2 Å². The van der Waals surface area contributed by atoms with Gasteiger partial charge in [-0.3, -0.25) is 0 Å². The van der Waals surface area contributed by atoms with Crippen LogP contribution in [0.3, 0.4) is 0 Å². The third-order valence-corrected chi connectivity index (χ3v) is 7.00. The largest absolute Gasteiger partial charge is 0.452 e. The number of benzene rings is 1. The quantitative estimate of drug-likeness (QED) is 0.474. The molecule has 136 valence electrons. The minimum atomic E-state index is 0.232. The molecule has 1 unspecified atom stereocenters. The van der Waals surface area contributed by atoms with Gasteiger partial charge in [-0.15, -0.1) is 0 Å². The van der Waals surface area contributed by atoms with Crippen molar-refractivity contribution in [2.75, 3.05) is 23.3 Å². The van der Waals surface area contributed by atoms with E-state index in [4.69, 9.17) is 10.5 Å². The van der Waals surface area contributed by atoms with Gasteiger partial charge in [0.15, 0.2) is 11.5 Å². The summed E-state index contributed by atoms with van der Waals surface area (Å²) in [5.74, 6) is 1.97. The topological polar surface area (TPSA) is 50.5 Å². The molecular formula is C20H21I2N3O. The number of nitrogens with two attached hydrogens (primary N) is 1. The second kappa shape index (κ2) is 7.10. The van der Waals surface area contributed by atoms with E-state index in [9.17, 15) is 0 Å². The van der Waals surface area contributed by atoms with E-state index in [1.165, 1.54) is 14.8 Å².